The monoisotopic (exact) mass is 1580 g/mol. The molecule has 0 saturated carbocycles. The smallest absolute Gasteiger partial charge is 0.326 e. The van der Waals surface area contributed by atoms with E-state index in [4.69, 9.17) is 11.5 Å². The summed E-state index contributed by atoms with van der Waals surface area (Å²) < 4.78 is 0. The summed E-state index contributed by atoms with van der Waals surface area (Å²) in [5.41, 5.74) is 11.7. The molecule has 3 rings (SSSR count). The molecule has 110 heavy (non-hydrogen) atoms. The predicted molar refractivity (Wildman–Crippen MR) is 390 cm³/mol. The molecule has 0 radical (unpaired) electrons. The third kappa shape index (κ3) is 30.3. The van der Waals surface area contributed by atoms with E-state index in [9.17, 15) is 117 Å². The van der Waals surface area contributed by atoms with Crippen molar-refractivity contribution in [1.82, 2.24) is 78.9 Å². The second kappa shape index (κ2) is 48.0. The number of likely N-dealkylation sites (tertiary alicyclic amines) is 2. The number of hydrogen-bond donors (Lipinski definition) is 22. The molecular weight excluding hydrogens is 1470 g/mol. The SMILES string of the molecule is CC[C@H](C)[C@H](NC(=O)CNC(=O)[C@H](CO)NC(=O)[C@@H]1CCCN1C(=O)[C@H](CO)NC(=O)[C@H](CCSC)NC(=O)[C@H](CO)NC(=O)[C@@H]1CCCN1C(=O)[C@H](CO)NC(=O)[C@@H](N)C(C)C)C(=O)NCC(=O)N[C@@H](CC(C)C)C(=O)N[C@@H](CO)C(=O)N[C@@H](CO)C(=O)N[C@@H](CCC(N)=O)C(=O)N[C@@H](Cc1ccccc1)C(=O)O. The van der Waals surface area contributed by atoms with E-state index in [1.165, 1.54) is 11.8 Å². The number of amides is 16. The van der Waals surface area contributed by atoms with E-state index in [-0.39, 0.29) is 75.6 Å². The fraction of sp³-hybridized carbons (Fsp3) is 0.662. The fourth-order valence-electron chi connectivity index (χ4n) is 11.4. The molecule has 15 atom stereocenters. The van der Waals surface area contributed by atoms with Crippen LogP contribution in [0.15, 0.2) is 30.3 Å². The first-order valence-electron chi connectivity index (χ1n) is 36.0. The molecule has 42 heteroatoms. The lowest BCUT2D eigenvalue weighted by Gasteiger charge is -2.30. The molecule has 0 spiro atoms. The summed E-state index contributed by atoms with van der Waals surface area (Å²) in [6.45, 7) is 2.18. The highest BCUT2D eigenvalue weighted by molar-refractivity contribution is 7.98. The fourth-order valence-corrected chi connectivity index (χ4v) is 11.9. The van der Waals surface area contributed by atoms with Gasteiger partial charge in [0.05, 0.1) is 58.8 Å². The van der Waals surface area contributed by atoms with Gasteiger partial charge in [0, 0.05) is 25.9 Å². The van der Waals surface area contributed by atoms with Crippen LogP contribution in [0, 0.1) is 17.8 Å². The molecule has 16 amide bonds. The number of thioether (sulfide) groups is 1. The Morgan fingerprint density at radius 3 is 1.30 bits per heavy atom. The Morgan fingerprint density at radius 2 is 0.873 bits per heavy atom. The highest BCUT2D eigenvalue weighted by Crippen LogP contribution is 2.22. The van der Waals surface area contributed by atoms with Gasteiger partial charge in [-0.05, 0) is 80.3 Å². The molecule has 2 aliphatic heterocycles. The van der Waals surface area contributed by atoms with Crippen LogP contribution in [0.1, 0.15) is 105 Å². The Balaban J connectivity index is 1.61. The van der Waals surface area contributed by atoms with Gasteiger partial charge >= 0.3 is 5.97 Å². The van der Waals surface area contributed by atoms with Gasteiger partial charge in [0.2, 0.25) is 94.5 Å². The average Bonchev–Trinajstić information content (AvgIpc) is 1.61. The van der Waals surface area contributed by atoms with Crippen molar-refractivity contribution in [3.63, 3.8) is 0 Å². The number of hydrogen-bond acceptors (Lipinski definition) is 25. The Labute approximate surface area is 639 Å². The quantitative estimate of drug-likeness (QED) is 0.0288. The number of aliphatic hydroxyl groups excluding tert-OH is 6. The first kappa shape index (κ1) is 94.5. The number of benzene rings is 1. The van der Waals surface area contributed by atoms with Crippen molar-refractivity contribution in [1.29, 1.82) is 0 Å². The molecular formula is C68H109N17O24S. The first-order valence-corrected chi connectivity index (χ1v) is 37.4. The maximum Gasteiger partial charge on any atom is 0.326 e. The van der Waals surface area contributed by atoms with Crippen LogP contribution in [0.2, 0.25) is 0 Å². The molecule has 2 aliphatic rings. The molecule has 1 aromatic carbocycles. The molecule has 41 nitrogen and oxygen atoms in total. The molecule has 2 heterocycles. The lowest BCUT2D eigenvalue weighted by atomic mass is 9.98. The number of aliphatic hydroxyl groups is 6. The standard InChI is InChI=1S/C68H109N17O24S/c1-8-36(6)54(65(105)72-26-51(93)73-40(24-34(2)3)58(98)77-44(30-88)61(101)78-43(29-87)59(99)74-38(18-19-50(69)92)56(96)76-41(68(108)109)25-37-14-10-9-11-15-37)83-52(94)27-71-55(95)42(28-86)79-62(102)48-16-12-21-84(48)66(106)46(32-90)81-57(97)39(20-23-110-7)75-60(100)45(31-89)80-63(103)49-17-13-22-85(49)67(107)47(33-91)82-64(104)53(70)35(4)5/h9-11,14-15,34-36,38-49,53-54,86-91H,8,12-13,16-33,70H2,1-7H3,(H2,69,92)(H,71,95)(H,72,105)(H,73,93)(H,74,99)(H,75,100)(H,76,96)(H,77,98)(H,78,101)(H,79,102)(H,80,103)(H,81,97)(H,82,104)(H,83,94)(H,108,109)/t36-,38-,39-,40-,41-,42-,43-,44-,45-,46-,47-,48-,49-,53-,54-/m0/s1. The zero-order chi connectivity index (χ0) is 82.6. The minimum absolute atomic E-state index is 0.00161. The van der Waals surface area contributed by atoms with Crippen LogP contribution in [0.3, 0.4) is 0 Å². The summed E-state index contributed by atoms with van der Waals surface area (Å²) in [5, 5.41) is 101. The van der Waals surface area contributed by atoms with E-state index in [0.717, 1.165) is 9.80 Å². The van der Waals surface area contributed by atoms with E-state index in [1.54, 1.807) is 78.1 Å². The Morgan fingerprint density at radius 1 is 0.482 bits per heavy atom. The number of nitrogens with one attached hydrogen (secondary N) is 13. The van der Waals surface area contributed by atoms with Gasteiger partial charge in [-0.15, -0.1) is 0 Å². The number of primary amides is 1. The zero-order valence-corrected chi connectivity index (χ0v) is 63.4. The van der Waals surface area contributed by atoms with E-state index in [2.05, 4.69) is 69.1 Å². The first-order chi connectivity index (χ1) is 52.0. The summed E-state index contributed by atoms with van der Waals surface area (Å²) in [4.78, 5) is 229. The van der Waals surface area contributed by atoms with Gasteiger partial charge in [-0.3, -0.25) is 76.7 Å². The van der Waals surface area contributed by atoms with E-state index < -0.39 is 257 Å². The lowest BCUT2D eigenvalue weighted by molar-refractivity contribution is -0.144. The summed E-state index contributed by atoms with van der Waals surface area (Å²) in [5.74, 6) is -18.2. The maximum atomic E-state index is 14.0. The van der Waals surface area contributed by atoms with Gasteiger partial charge in [0.1, 0.15) is 78.5 Å². The van der Waals surface area contributed by atoms with E-state index in [1.807, 2.05) is 0 Å². The van der Waals surface area contributed by atoms with Crippen LogP contribution in [0.4, 0.5) is 0 Å². The number of carbonyl (C=O) groups is 17. The highest BCUT2D eigenvalue weighted by Gasteiger charge is 2.43. The van der Waals surface area contributed by atoms with Crippen molar-refractivity contribution in [3.8, 4) is 0 Å². The number of aliphatic carboxylic acids is 1. The molecule has 616 valence electrons. The van der Waals surface area contributed by atoms with Crippen molar-refractivity contribution in [2.75, 3.05) is 77.8 Å². The largest absolute Gasteiger partial charge is 0.480 e. The van der Waals surface area contributed by atoms with Crippen LogP contribution in [-0.2, 0) is 87.9 Å². The summed E-state index contributed by atoms with van der Waals surface area (Å²) in [6.07, 6.45) is 1.35. The Kier molecular flexibility index (Phi) is 41.3. The number of nitrogens with two attached hydrogens (primary N) is 2. The number of carboxylic acids is 1. The van der Waals surface area contributed by atoms with Crippen LogP contribution in [-0.4, -0.2) is 308 Å². The van der Waals surface area contributed by atoms with Gasteiger partial charge < -0.3 is 126 Å². The van der Waals surface area contributed by atoms with Crippen molar-refractivity contribution < 1.29 is 117 Å². The number of carbonyl (C=O) groups excluding carboxylic acids is 16. The highest BCUT2D eigenvalue weighted by atomic mass is 32.2. The molecule has 24 N–H and O–H groups in total. The molecule has 2 saturated heterocycles. The van der Waals surface area contributed by atoms with Crippen LogP contribution in [0.5, 0.6) is 0 Å². The minimum Gasteiger partial charge on any atom is -0.480 e. The topological polar surface area (TPSA) is 647 Å². The number of carboxylic acid groups (broad SMARTS) is 1. The molecule has 0 bridgehead atoms. The van der Waals surface area contributed by atoms with Crippen molar-refractivity contribution in [2.24, 2.45) is 29.2 Å². The zero-order valence-electron chi connectivity index (χ0n) is 62.6. The number of nitrogens with zero attached hydrogens (tertiary/aromatic N) is 2. The summed E-state index contributed by atoms with van der Waals surface area (Å²) in [7, 11) is 0. The third-order valence-corrected chi connectivity index (χ3v) is 18.7. The summed E-state index contributed by atoms with van der Waals surface area (Å²) in [6, 6.07) is -13.0. The third-order valence-electron chi connectivity index (χ3n) is 18.0. The average molecular weight is 1580 g/mol. The van der Waals surface area contributed by atoms with E-state index >= 15 is 0 Å². The van der Waals surface area contributed by atoms with Crippen LogP contribution in [0.25, 0.3) is 0 Å². The second-order valence-corrected chi connectivity index (χ2v) is 28.2. The van der Waals surface area contributed by atoms with E-state index in [0.29, 0.717) is 12.0 Å². The molecule has 0 aromatic heterocycles. The van der Waals surface area contributed by atoms with Gasteiger partial charge in [-0.2, -0.15) is 11.8 Å². The van der Waals surface area contributed by atoms with Crippen LogP contribution < -0.4 is 80.6 Å². The normalized spacial score (nSPS) is 17.5. The molecule has 0 unspecified atom stereocenters. The van der Waals surface area contributed by atoms with Crippen molar-refractivity contribution in [3.05, 3.63) is 35.9 Å². The lowest BCUT2D eigenvalue weighted by Crippen LogP contribution is -2.61. The second-order valence-electron chi connectivity index (χ2n) is 27.2. The minimum atomic E-state index is -1.87. The van der Waals surface area contributed by atoms with Gasteiger partial charge in [0.15, 0.2) is 0 Å². The van der Waals surface area contributed by atoms with Crippen molar-refractivity contribution in [2.45, 2.75) is 190 Å². The van der Waals surface area contributed by atoms with Gasteiger partial charge in [-0.1, -0.05) is 78.3 Å². The van der Waals surface area contributed by atoms with Crippen molar-refractivity contribution >= 4 is 112 Å². The molecule has 0 aliphatic carbocycles. The Hall–Kier alpha value is -9.72. The maximum absolute atomic E-state index is 14.0. The molecule has 2 fully saturated rings. The summed E-state index contributed by atoms with van der Waals surface area (Å²) >= 11 is 1.27. The predicted octanol–water partition coefficient (Wildman–Crippen LogP) is -10.1. The Bertz CT molecular complexity index is 3340. The van der Waals surface area contributed by atoms with Gasteiger partial charge in [-0.25, -0.2) is 4.79 Å². The van der Waals surface area contributed by atoms with Gasteiger partial charge in [0.25, 0.3) is 0 Å². The molecule has 1 aromatic rings. The van der Waals surface area contributed by atoms with Crippen LogP contribution >= 0.6 is 11.8 Å². The number of rotatable bonds is 48.